The van der Waals surface area contributed by atoms with Gasteiger partial charge in [0, 0.05) is 49.1 Å². The Morgan fingerprint density at radius 2 is 2.03 bits per heavy atom. The summed E-state index contributed by atoms with van der Waals surface area (Å²) in [5, 5.41) is 5.00. The van der Waals surface area contributed by atoms with Gasteiger partial charge in [-0.1, -0.05) is 6.07 Å². The first-order chi connectivity index (χ1) is 17.3. The quantitative estimate of drug-likeness (QED) is 0.454. The molecule has 4 heterocycles. The number of nitrogens with one attached hydrogen (secondary N) is 1. The number of fused-ring (bicyclic) bond motifs is 3. The Bertz CT molecular complexity index is 1200. The van der Waals surface area contributed by atoms with Crippen LogP contribution in [-0.4, -0.2) is 65.2 Å². The number of nitrogens with zero attached hydrogens (tertiary/aromatic N) is 4. The second-order valence-electron chi connectivity index (χ2n) is 10.9. The van der Waals surface area contributed by atoms with Crippen molar-refractivity contribution in [1.82, 2.24) is 19.8 Å². The molecule has 8 heteroatoms. The zero-order chi connectivity index (χ0) is 25.3. The van der Waals surface area contributed by atoms with Crippen molar-refractivity contribution < 1.29 is 9.47 Å². The summed E-state index contributed by atoms with van der Waals surface area (Å²) in [7, 11) is 4.21. The number of benzene rings is 1. The van der Waals surface area contributed by atoms with Crippen molar-refractivity contribution >= 4 is 27.4 Å². The number of hydrogen-bond acceptors (Lipinski definition) is 8. The Labute approximate surface area is 218 Å². The first kappa shape index (κ1) is 25.4. The van der Waals surface area contributed by atoms with Crippen molar-refractivity contribution in [3.8, 4) is 5.75 Å². The average molecular weight is 510 g/mol. The lowest BCUT2D eigenvalue weighted by Gasteiger charge is -2.33. The smallest absolute Gasteiger partial charge is 0.138 e. The predicted octanol–water partition coefficient (Wildman–Crippen LogP) is 5.08. The molecule has 0 amide bonds. The van der Waals surface area contributed by atoms with Crippen LogP contribution in [0.15, 0.2) is 24.5 Å². The summed E-state index contributed by atoms with van der Waals surface area (Å²) < 4.78 is 11.9. The first-order valence-electron chi connectivity index (χ1n) is 13.1. The van der Waals surface area contributed by atoms with Crippen LogP contribution in [-0.2, 0) is 30.9 Å². The zero-order valence-electron chi connectivity index (χ0n) is 22.3. The number of anilines is 1. The summed E-state index contributed by atoms with van der Waals surface area (Å²) in [5.41, 5.74) is 3.84. The molecule has 7 nitrogen and oxygen atoms in total. The molecule has 2 aliphatic heterocycles. The summed E-state index contributed by atoms with van der Waals surface area (Å²) in [6.07, 6.45) is 4.81. The van der Waals surface area contributed by atoms with Crippen LogP contribution in [0.25, 0.3) is 10.2 Å². The van der Waals surface area contributed by atoms with Gasteiger partial charge in [0.05, 0.1) is 24.2 Å². The first-order valence-corrected chi connectivity index (χ1v) is 13.9. The van der Waals surface area contributed by atoms with Crippen LogP contribution < -0.4 is 10.1 Å². The lowest BCUT2D eigenvalue weighted by Crippen LogP contribution is -2.39. The molecule has 1 aromatic carbocycles. The monoisotopic (exact) mass is 509 g/mol. The van der Waals surface area contributed by atoms with E-state index in [1.165, 1.54) is 27.0 Å². The molecule has 0 unspecified atom stereocenters. The fourth-order valence-electron chi connectivity index (χ4n) is 5.37. The molecular formula is C28H39N5O2S. The molecule has 0 saturated carbocycles. The van der Waals surface area contributed by atoms with E-state index in [-0.39, 0.29) is 5.60 Å². The van der Waals surface area contributed by atoms with Gasteiger partial charge in [-0.15, -0.1) is 11.3 Å². The Morgan fingerprint density at radius 1 is 1.22 bits per heavy atom. The number of thiophene rings is 1. The van der Waals surface area contributed by atoms with E-state index in [0.717, 1.165) is 61.8 Å². The molecule has 0 aliphatic carbocycles. The molecular weight excluding hydrogens is 470 g/mol. The van der Waals surface area contributed by atoms with Crippen molar-refractivity contribution in [3.63, 3.8) is 0 Å². The van der Waals surface area contributed by atoms with Gasteiger partial charge in [-0.25, -0.2) is 9.97 Å². The minimum absolute atomic E-state index is 0.146. The van der Waals surface area contributed by atoms with E-state index in [2.05, 4.69) is 71.2 Å². The topological polar surface area (TPSA) is 62.8 Å². The van der Waals surface area contributed by atoms with Crippen molar-refractivity contribution in [1.29, 1.82) is 0 Å². The lowest BCUT2D eigenvalue weighted by molar-refractivity contribution is -0.0379. The van der Waals surface area contributed by atoms with Crippen LogP contribution in [0.4, 0.5) is 5.82 Å². The molecule has 5 rings (SSSR count). The third-order valence-electron chi connectivity index (χ3n) is 7.11. The van der Waals surface area contributed by atoms with Gasteiger partial charge in [-0.3, -0.25) is 4.90 Å². The molecule has 2 aliphatic rings. The van der Waals surface area contributed by atoms with E-state index >= 15 is 0 Å². The highest BCUT2D eigenvalue weighted by Crippen LogP contribution is 2.40. The van der Waals surface area contributed by atoms with E-state index in [1.807, 2.05) is 6.92 Å². The molecule has 36 heavy (non-hydrogen) atoms. The molecule has 0 radical (unpaired) electrons. The molecule has 194 valence electrons. The average Bonchev–Trinajstić information content (AvgIpc) is 3.19. The highest BCUT2D eigenvalue weighted by atomic mass is 32.1. The maximum Gasteiger partial charge on any atom is 0.138 e. The number of piperidine rings is 1. The molecule has 1 fully saturated rings. The minimum atomic E-state index is -0.146. The largest absolute Gasteiger partial charge is 0.494 e. The maximum atomic E-state index is 6.04. The summed E-state index contributed by atoms with van der Waals surface area (Å²) >= 11 is 1.75. The summed E-state index contributed by atoms with van der Waals surface area (Å²) in [5.74, 6) is 1.99. The van der Waals surface area contributed by atoms with Gasteiger partial charge in [0.25, 0.3) is 0 Å². The molecule has 0 spiro atoms. The molecule has 1 saturated heterocycles. The van der Waals surface area contributed by atoms with Gasteiger partial charge in [-0.2, -0.15) is 0 Å². The molecule has 0 atom stereocenters. The maximum absolute atomic E-state index is 6.04. The number of ether oxygens (including phenoxy) is 2. The molecule has 1 N–H and O–H groups in total. The van der Waals surface area contributed by atoms with E-state index in [9.17, 15) is 0 Å². The normalized spacial score (nSPS) is 18.5. The van der Waals surface area contributed by atoms with Crippen molar-refractivity contribution in [2.45, 2.75) is 71.4 Å². The number of likely N-dealkylation sites (tertiary alicyclic amines) is 1. The van der Waals surface area contributed by atoms with Gasteiger partial charge in [0.2, 0.25) is 0 Å². The zero-order valence-corrected chi connectivity index (χ0v) is 23.1. The van der Waals surface area contributed by atoms with E-state index in [4.69, 9.17) is 9.47 Å². The van der Waals surface area contributed by atoms with Gasteiger partial charge in [0.1, 0.15) is 22.7 Å². The number of aromatic nitrogens is 2. The van der Waals surface area contributed by atoms with Crippen LogP contribution in [0, 0.1) is 0 Å². The summed E-state index contributed by atoms with van der Waals surface area (Å²) in [6.45, 7) is 11.7. The van der Waals surface area contributed by atoms with Gasteiger partial charge >= 0.3 is 0 Å². The van der Waals surface area contributed by atoms with Gasteiger partial charge in [0.15, 0.2) is 0 Å². The Kier molecular flexibility index (Phi) is 7.49. The molecule has 2 aromatic heterocycles. The highest BCUT2D eigenvalue weighted by Gasteiger charge is 2.31. The van der Waals surface area contributed by atoms with Gasteiger partial charge < -0.3 is 19.7 Å². The molecule has 0 bridgehead atoms. The second-order valence-corrected chi connectivity index (χ2v) is 12.0. The minimum Gasteiger partial charge on any atom is -0.494 e. The highest BCUT2D eigenvalue weighted by molar-refractivity contribution is 7.18. The van der Waals surface area contributed by atoms with Crippen LogP contribution in [0.1, 0.15) is 55.2 Å². The summed E-state index contributed by atoms with van der Waals surface area (Å²) in [4.78, 5) is 16.4. The van der Waals surface area contributed by atoms with Gasteiger partial charge in [-0.05, 0) is 71.0 Å². The van der Waals surface area contributed by atoms with E-state index in [0.29, 0.717) is 19.3 Å². The second kappa shape index (κ2) is 10.6. The Hall–Kier alpha value is -2.26. The van der Waals surface area contributed by atoms with E-state index in [1.54, 1.807) is 17.7 Å². The Balaban J connectivity index is 1.23. The van der Waals surface area contributed by atoms with Crippen molar-refractivity contribution in [3.05, 3.63) is 46.1 Å². The number of rotatable bonds is 8. The third-order valence-corrected chi connectivity index (χ3v) is 8.23. The predicted molar refractivity (Wildman–Crippen MR) is 147 cm³/mol. The van der Waals surface area contributed by atoms with Crippen LogP contribution >= 0.6 is 11.3 Å². The van der Waals surface area contributed by atoms with Crippen molar-refractivity contribution in [2.24, 2.45) is 0 Å². The van der Waals surface area contributed by atoms with Crippen molar-refractivity contribution in [2.75, 3.05) is 39.1 Å². The fourth-order valence-corrected chi connectivity index (χ4v) is 6.44. The van der Waals surface area contributed by atoms with Crippen LogP contribution in [0.2, 0.25) is 0 Å². The fraction of sp³-hybridized carbons (Fsp3) is 0.571. The summed E-state index contributed by atoms with van der Waals surface area (Å²) in [6, 6.07) is 7.10. The Morgan fingerprint density at radius 3 is 2.78 bits per heavy atom. The third kappa shape index (κ3) is 5.67. The lowest BCUT2D eigenvalue weighted by atomic mass is 9.94. The standard InChI is InChI=1S/C28H39N5O2S/c1-6-34-23-8-7-19(13-20(23)16-32(4)5)15-33-11-9-21(10-12-33)31-26-25-22-14-28(2,3)35-17-24(22)36-27(25)30-18-29-26/h7-8,13,18,21H,6,9-12,14-17H2,1-5H3,(H,29,30,31). The van der Waals surface area contributed by atoms with Crippen LogP contribution in [0.5, 0.6) is 5.75 Å². The van der Waals surface area contributed by atoms with Crippen LogP contribution in [0.3, 0.4) is 0 Å². The SMILES string of the molecule is CCOc1ccc(CN2CCC(Nc3ncnc4sc5c(c34)CC(C)(C)OC5)CC2)cc1CN(C)C. The molecule has 3 aromatic rings. The van der Waals surface area contributed by atoms with E-state index < -0.39 is 0 Å². The number of hydrogen-bond donors (Lipinski definition) is 1.